The average Bonchev–Trinajstić information content (AvgIpc) is 2.98. The Morgan fingerprint density at radius 2 is 2.09 bits per heavy atom. The monoisotopic (exact) mass is 321 g/mol. The number of rotatable bonds is 8. The van der Waals surface area contributed by atoms with Crippen molar-refractivity contribution < 1.29 is 14.3 Å². The summed E-state index contributed by atoms with van der Waals surface area (Å²) in [7, 11) is 1.59. The molecule has 1 aromatic carbocycles. The van der Waals surface area contributed by atoms with Crippen LogP contribution in [0.4, 0.5) is 10.8 Å². The Morgan fingerprint density at radius 3 is 2.77 bits per heavy atom. The van der Waals surface area contributed by atoms with Gasteiger partial charge in [0.05, 0.1) is 13.2 Å². The summed E-state index contributed by atoms with van der Waals surface area (Å²) in [4.78, 5) is 16.1. The summed E-state index contributed by atoms with van der Waals surface area (Å²) in [6.45, 7) is 3.53. The molecule has 0 bridgehead atoms. The van der Waals surface area contributed by atoms with E-state index in [4.69, 9.17) is 9.47 Å². The zero-order chi connectivity index (χ0) is 15.8. The second kappa shape index (κ2) is 8.35. The van der Waals surface area contributed by atoms with Crippen molar-refractivity contribution in [3.8, 4) is 5.75 Å². The number of hydrogen-bond donors (Lipinski definition) is 2. The van der Waals surface area contributed by atoms with E-state index in [9.17, 15) is 4.79 Å². The van der Waals surface area contributed by atoms with Gasteiger partial charge in [0.25, 0.3) is 5.91 Å². The van der Waals surface area contributed by atoms with Crippen LogP contribution in [0.25, 0.3) is 0 Å². The van der Waals surface area contributed by atoms with Crippen molar-refractivity contribution in [3.05, 3.63) is 35.3 Å². The Balaban J connectivity index is 1.92. The van der Waals surface area contributed by atoms with E-state index in [0.29, 0.717) is 30.6 Å². The largest absolute Gasteiger partial charge is 0.494 e. The normalized spacial score (nSPS) is 10.3. The van der Waals surface area contributed by atoms with Crippen LogP contribution in [0.1, 0.15) is 17.4 Å². The fourth-order valence-corrected chi connectivity index (χ4v) is 2.43. The number of thiazole rings is 1. The maximum absolute atomic E-state index is 11.8. The first-order valence-electron chi connectivity index (χ1n) is 6.95. The van der Waals surface area contributed by atoms with Crippen molar-refractivity contribution in [1.82, 2.24) is 10.3 Å². The molecule has 2 aromatic rings. The maximum Gasteiger partial charge on any atom is 0.270 e. The number of carbonyl (C=O) groups is 1. The first kappa shape index (κ1) is 16.3. The highest BCUT2D eigenvalue weighted by atomic mass is 32.1. The molecule has 0 aliphatic rings. The van der Waals surface area contributed by atoms with Crippen LogP contribution in [0.5, 0.6) is 5.75 Å². The summed E-state index contributed by atoms with van der Waals surface area (Å²) in [5.41, 5.74) is 1.29. The number of nitrogens with one attached hydrogen (secondary N) is 2. The van der Waals surface area contributed by atoms with Crippen molar-refractivity contribution in [2.45, 2.75) is 6.92 Å². The molecule has 2 rings (SSSR count). The lowest BCUT2D eigenvalue weighted by Gasteiger charge is -2.05. The molecular weight excluding hydrogens is 302 g/mol. The minimum Gasteiger partial charge on any atom is -0.494 e. The highest BCUT2D eigenvalue weighted by molar-refractivity contribution is 7.14. The van der Waals surface area contributed by atoms with Gasteiger partial charge in [0.15, 0.2) is 5.13 Å². The topological polar surface area (TPSA) is 72.5 Å². The molecule has 0 aliphatic carbocycles. The van der Waals surface area contributed by atoms with Crippen molar-refractivity contribution in [1.29, 1.82) is 0 Å². The summed E-state index contributed by atoms with van der Waals surface area (Å²) in [5.74, 6) is 0.624. The van der Waals surface area contributed by atoms with Gasteiger partial charge < -0.3 is 20.1 Å². The van der Waals surface area contributed by atoms with Gasteiger partial charge in [-0.05, 0) is 31.2 Å². The Kier molecular flexibility index (Phi) is 6.17. The molecule has 6 nitrogen and oxygen atoms in total. The third-order valence-electron chi connectivity index (χ3n) is 2.75. The molecular formula is C15H19N3O3S. The Labute approximate surface area is 133 Å². The van der Waals surface area contributed by atoms with Crippen LogP contribution in [0, 0.1) is 0 Å². The van der Waals surface area contributed by atoms with Crippen molar-refractivity contribution >= 4 is 28.1 Å². The number of carbonyl (C=O) groups excluding carboxylic acids is 1. The van der Waals surface area contributed by atoms with Crippen molar-refractivity contribution in [2.24, 2.45) is 0 Å². The van der Waals surface area contributed by atoms with Crippen LogP contribution in [-0.4, -0.2) is 37.8 Å². The molecule has 0 spiro atoms. The van der Waals surface area contributed by atoms with Crippen molar-refractivity contribution in [3.63, 3.8) is 0 Å². The summed E-state index contributed by atoms with van der Waals surface area (Å²) in [6, 6.07) is 7.59. The minimum atomic E-state index is -0.201. The van der Waals surface area contributed by atoms with Gasteiger partial charge in [-0.3, -0.25) is 4.79 Å². The number of nitrogens with zero attached hydrogens (tertiary/aromatic N) is 1. The molecule has 0 saturated heterocycles. The zero-order valence-electron chi connectivity index (χ0n) is 12.6. The average molecular weight is 321 g/mol. The van der Waals surface area contributed by atoms with Gasteiger partial charge in [-0.15, -0.1) is 11.3 Å². The highest BCUT2D eigenvalue weighted by Gasteiger charge is 2.10. The van der Waals surface area contributed by atoms with Crippen molar-refractivity contribution in [2.75, 3.05) is 32.2 Å². The van der Waals surface area contributed by atoms with Gasteiger partial charge in [0, 0.05) is 24.7 Å². The summed E-state index contributed by atoms with van der Waals surface area (Å²) < 4.78 is 10.3. The third kappa shape index (κ3) is 4.71. The number of aromatic nitrogens is 1. The SMILES string of the molecule is CCOc1ccc(Nc2nc(C(=O)NCCOC)cs2)cc1. The van der Waals surface area contributed by atoms with E-state index in [0.717, 1.165) is 11.4 Å². The fourth-order valence-electron chi connectivity index (χ4n) is 1.72. The molecule has 0 saturated carbocycles. The molecule has 1 aromatic heterocycles. The number of benzene rings is 1. The van der Waals surface area contributed by atoms with Gasteiger partial charge in [-0.2, -0.15) is 0 Å². The number of methoxy groups -OCH3 is 1. The van der Waals surface area contributed by atoms with Gasteiger partial charge in [0.2, 0.25) is 0 Å². The van der Waals surface area contributed by atoms with Crippen LogP contribution in [0.2, 0.25) is 0 Å². The fraction of sp³-hybridized carbons (Fsp3) is 0.333. The third-order valence-corrected chi connectivity index (χ3v) is 3.50. The van der Waals surface area contributed by atoms with Crippen LogP contribution in [-0.2, 0) is 4.74 Å². The van der Waals surface area contributed by atoms with Crippen LogP contribution < -0.4 is 15.4 Å². The van der Waals surface area contributed by atoms with E-state index in [1.54, 1.807) is 12.5 Å². The maximum atomic E-state index is 11.8. The van der Waals surface area contributed by atoms with E-state index < -0.39 is 0 Å². The lowest BCUT2D eigenvalue weighted by atomic mass is 10.3. The summed E-state index contributed by atoms with van der Waals surface area (Å²) >= 11 is 1.38. The number of amides is 1. The Hall–Kier alpha value is -2.12. The smallest absolute Gasteiger partial charge is 0.270 e. The summed E-state index contributed by atoms with van der Waals surface area (Å²) in [6.07, 6.45) is 0. The zero-order valence-corrected chi connectivity index (χ0v) is 13.4. The molecule has 7 heteroatoms. The molecule has 1 heterocycles. The van der Waals surface area contributed by atoms with Crippen LogP contribution in [0.15, 0.2) is 29.6 Å². The second-order valence-electron chi connectivity index (χ2n) is 4.37. The predicted molar refractivity (Wildman–Crippen MR) is 87.2 cm³/mol. The predicted octanol–water partition coefficient (Wildman–Crippen LogP) is 2.66. The number of anilines is 2. The van der Waals surface area contributed by atoms with E-state index in [1.807, 2.05) is 31.2 Å². The molecule has 0 fully saturated rings. The molecule has 0 unspecified atom stereocenters. The first-order valence-corrected chi connectivity index (χ1v) is 7.83. The standard InChI is InChI=1S/C15H19N3O3S/c1-3-21-12-6-4-11(5-7-12)17-15-18-13(10-22-15)14(19)16-8-9-20-2/h4-7,10H,3,8-9H2,1-2H3,(H,16,19)(H,17,18). The van der Waals surface area contributed by atoms with Crippen LogP contribution in [0.3, 0.4) is 0 Å². The molecule has 1 amide bonds. The van der Waals surface area contributed by atoms with Gasteiger partial charge in [-0.25, -0.2) is 4.98 Å². The van der Waals surface area contributed by atoms with E-state index >= 15 is 0 Å². The molecule has 0 aliphatic heterocycles. The van der Waals surface area contributed by atoms with Gasteiger partial charge in [-0.1, -0.05) is 0 Å². The molecule has 22 heavy (non-hydrogen) atoms. The highest BCUT2D eigenvalue weighted by Crippen LogP contribution is 2.22. The second-order valence-corrected chi connectivity index (χ2v) is 5.23. The van der Waals surface area contributed by atoms with E-state index in [1.165, 1.54) is 11.3 Å². The number of ether oxygens (including phenoxy) is 2. The van der Waals surface area contributed by atoms with E-state index in [-0.39, 0.29) is 5.91 Å². The Morgan fingerprint density at radius 1 is 1.32 bits per heavy atom. The molecule has 118 valence electrons. The van der Waals surface area contributed by atoms with Gasteiger partial charge >= 0.3 is 0 Å². The lowest BCUT2D eigenvalue weighted by Crippen LogP contribution is -2.27. The quantitative estimate of drug-likeness (QED) is 0.731. The molecule has 2 N–H and O–H groups in total. The molecule has 0 atom stereocenters. The minimum absolute atomic E-state index is 0.201. The number of hydrogen-bond acceptors (Lipinski definition) is 6. The first-order chi connectivity index (χ1) is 10.7. The van der Waals surface area contributed by atoms with E-state index in [2.05, 4.69) is 15.6 Å². The summed E-state index contributed by atoms with van der Waals surface area (Å²) in [5, 5.41) is 8.29. The van der Waals surface area contributed by atoms with Gasteiger partial charge in [0.1, 0.15) is 11.4 Å². The van der Waals surface area contributed by atoms with Crippen LogP contribution >= 0.6 is 11.3 Å². The lowest BCUT2D eigenvalue weighted by molar-refractivity contribution is 0.0933. The Bertz CT molecular complexity index is 598. The molecule has 0 radical (unpaired) electrons.